The molecule has 0 saturated carbocycles. The second kappa shape index (κ2) is 8.47. The smallest absolute Gasteiger partial charge is 0.0409 e. The maximum atomic E-state index is 6.00. The third kappa shape index (κ3) is 6.13. The molecule has 0 spiro atoms. The number of thioether (sulfide) groups is 1. The van der Waals surface area contributed by atoms with Gasteiger partial charge in [0.2, 0.25) is 0 Å². The van der Waals surface area contributed by atoms with E-state index in [-0.39, 0.29) is 0 Å². The summed E-state index contributed by atoms with van der Waals surface area (Å²) >= 11 is 7.84. The first-order valence-corrected chi connectivity index (χ1v) is 8.67. The SMILES string of the molecule is CC(C)CNCc1ccc(SCc2cccc(Cl)c2)cc1. The minimum absolute atomic E-state index is 0.692. The minimum atomic E-state index is 0.692. The minimum Gasteiger partial charge on any atom is -0.312 e. The van der Waals surface area contributed by atoms with Crippen molar-refractivity contribution in [3.05, 3.63) is 64.7 Å². The summed E-state index contributed by atoms with van der Waals surface area (Å²) in [6.07, 6.45) is 0. The van der Waals surface area contributed by atoms with E-state index in [9.17, 15) is 0 Å². The zero-order valence-electron chi connectivity index (χ0n) is 12.6. The number of rotatable bonds is 7. The lowest BCUT2D eigenvalue weighted by molar-refractivity contribution is 0.552. The van der Waals surface area contributed by atoms with Gasteiger partial charge in [-0.15, -0.1) is 11.8 Å². The lowest BCUT2D eigenvalue weighted by Gasteiger charge is -2.08. The molecule has 0 aliphatic rings. The summed E-state index contributed by atoms with van der Waals surface area (Å²) in [7, 11) is 0. The summed E-state index contributed by atoms with van der Waals surface area (Å²) in [6.45, 7) is 6.45. The molecule has 0 radical (unpaired) electrons. The first-order chi connectivity index (χ1) is 10.1. The van der Waals surface area contributed by atoms with Crippen LogP contribution in [0.3, 0.4) is 0 Å². The maximum absolute atomic E-state index is 6.00. The maximum Gasteiger partial charge on any atom is 0.0409 e. The molecular weight excluding hydrogens is 298 g/mol. The van der Waals surface area contributed by atoms with E-state index in [1.807, 2.05) is 30.0 Å². The Bertz CT molecular complexity index is 551. The highest BCUT2D eigenvalue weighted by atomic mass is 35.5. The standard InChI is InChI=1S/C18H22ClNS/c1-14(2)11-20-12-15-6-8-18(9-7-15)21-13-16-4-3-5-17(19)10-16/h3-10,14,20H,11-13H2,1-2H3. The van der Waals surface area contributed by atoms with Gasteiger partial charge in [-0.1, -0.05) is 49.7 Å². The van der Waals surface area contributed by atoms with Crippen molar-refractivity contribution in [1.29, 1.82) is 0 Å². The van der Waals surface area contributed by atoms with Crippen LogP contribution in [0, 0.1) is 5.92 Å². The van der Waals surface area contributed by atoms with E-state index in [1.54, 1.807) is 0 Å². The molecule has 3 heteroatoms. The number of hydrogen-bond acceptors (Lipinski definition) is 2. The third-order valence-electron chi connectivity index (χ3n) is 3.10. The van der Waals surface area contributed by atoms with E-state index in [1.165, 1.54) is 16.0 Å². The number of halogens is 1. The lowest BCUT2D eigenvalue weighted by atomic mass is 10.2. The molecule has 0 atom stereocenters. The van der Waals surface area contributed by atoms with Gasteiger partial charge in [0, 0.05) is 22.2 Å². The van der Waals surface area contributed by atoms with Crippen molar-refractivity contribution in [2.45, 2.75) is 31.0 Å². The summed E-state index contributed by atoms with van der Waals surface area (Å²) < 4.78 is 0. The van der Waals surface area contributed by atoms with E-state index < -0.39 is 0 Å². The molecule has 0 amide bonds. The van der Waals surface area contributed by atoms with Gasteiger partial charge in [-0.25, -0.2) is 0 Å². The van der Waals surface area contributed by atoms with Gasteiger partial charge in [0.25, 0.3) is 0 Å². The van der Waals surface area contributed by atoms with Gasteiger partial charge in [-0.05, 0) is 47.9 Å². The van der Waals surface area contributed by atoms with Crippen molar-refractivity contribution in [2.24, 2.45) is 5.92 Å². The van der Waals surface area contributed by atoms with E-state index in [4.69, 9.17) is 11.6 Å². The van der Waals surface area contributed by atoms with Crippen molar-refractivity contribution in [3.63, 3.8) is 0 Å². The van der Waals surface area contributed by atoms with Crippen LogP contribution in [-0.4, -0.2) is 6.54 Å². The van der Waals surface area contributed by atoms with Crippen LogP contribution in [0.1, 0.15) is 25.0 Å². The van der Waals surface area contributed by atoms with Crippen molar-refractivity contribution in [1.82, 2.24) is 5.32 Å². The molecule has 2 aromatic rings. The monoisotopic (exact) mass is 319 g/mol. The second-order valence-corrected chi connectivity index (χ2v) is 7.07. The average Bonchev–Trinajstić information content (AvgIpc) is 2.46. The van der Waals surface area contributed by atoms with Crippen molar-refractivity contribution in [3.8, 4) is 0 Å². The first kappa shape index (κ1) is 16.4. The molecule has 0 aliphatic carbocycles. The molecule has 21 heavy (non-hydrogen) atoms. The lowest BCUT2D eigenvalue weighted by Crippen LogP contribution is -2.18. The van der Waals surface area contributed by atoms with Crippen LogP contribution in [0.4, 0.5) is 0 Å². The fourth-order valence-electron chi connectivity index (χ4n) is 2.00. The molecule has 2 rings (SSSR count). The van der Waals surface area contributed by atoms with Crippen LogP contribution in [-0.2, 0) is 12.3 Å². The van der Waals surface area contributed by atoms with E-state index in [2.05, 4.69) is 49.5 Å². The van der Waals surface area contributed by atoms with Gasteiger partial charge in [0.1, 0.15) is 0 Å². The Labute approximate surface area is 137 Å². The van der Waals surface area contributed by atoms with Crippen LogP contribution < -0.4 is 5.32 Å². The normalized spacial score (nSPS) is 11.0. The summed E-state index contributed by atoms with van der Waals surface area (Å²) in [5.41, 5.74) is 2.60. The highest BCUT2D eigenvalue weighted by molar-refractivity contribution is 7.98. The first-order valence-electron chi connectivity index (χ1n) is 7.30. The molecule has 0 fully saturated rings. The molecule has 2 aromatic carbocycles. The van der Waals surface area contributed by atoms with Gasteiger partial charge in [0.05, 0.1) is 0 Å². The number of hydrogen-bond donors (Lipinski definition) is 1. The zero-order valence-corrected chi connectivity index (χ0v) is 14.2. The van der Waals surface area contributed by atoms with Crippen LogP contribution in [0.15, 0.2) is 53.4 Å². The van der Waals surface area contributed by atoms with E-state index in [0.717, 1.165) is 23.9 Å². The fraction of sp³-hybridized carbons (Fsp3) is 0.333. The van der Waals surface area contributed by atoms with E-state index in [0.29, 0.717) is 5.92 Å². The summed E-state index contributed by atoms with van der Waals surface area (Å²) in [4.78, 5) is 1.29. The predicted molar refractivity (Wildman–Crippen MR) is 94.0 cm³/mol. The Morgan fingerprint density at radius 2 is 1.81 bits per heavy atom. The van der Waals surface area contributed by atoms with Crippen LogP contribution >= 0.6 is 23.4 Å². The third-order valence-corrected chi connectivity index (χ3v) is 4.42. The molecular formula is C18H22ClNS. The molecule has 0 unspecified atom stereocenters. The number of benzene rings is 2. The molecule has 0 aromatic heterocycles. The Kier molecular flexibility index (Phi) is 6.62. The van der Waals surface area contributed by atoms with Crippen LogP contribution in [0.25, 0.3) is 0 Å². The van der Waals surface area contributed by atoms with Gasteiger partial charge < -0.3 is 5.32 Å². The van der Waals surface area contributed by atoms with Crippen molar-refractivity contribution in [2.75, 3.05) is 6.54 Å². The highest BCUT2D eigenvalue weighted by Gasteiger charge is 1.99. The Morgan fingerprint density at radius 1 is 1.05 bits per heavy atom. The summed E-state index contributed by atoms with van der Waals surface area (Å²) in [5.74, 6) is 1.64. The molecule has 0 saturated heterocycles. The van der Waals surface area contributed by atoms with Crippen molar-refractivity contribution < 1.29 is 0 Å². The topological polar surface area (TPSA) is 12.0 Å². The fourth-order valence-corrected chi connectivity index (χ4v) is 3.06. The Morgan fingerprint density at radius 3 is 2.48 bits per heavy atom. The van der Waals surface area contributed by atoms with Gasteiger partial charge in [-0.2, -0.15) is 0 Å². The van der Waals surface area contributed by atoms with Gasteiger partial charge in [0.15, 0.2) is 0 Å². The summed E-state index contributed by atoms with van der Waals surface area (Å²) in [6, 6.07) is 16.8. The second-order valence-electron chi connectivity index (χ2n) is 5.59. The molecule has 0 bridgehead atoms. The number of nitrogens with one attached hydrogen (secondary N) is 1. The van der Waals surface area contributed by atoms with Crippen LogP contribution in [0.5, 0.6) is 0 Å². The van der Waals surface area contributed by atoms with E-state index >= 15 is 0 Å². The van der Waals surface area contributed by atoms with Crippen LogP contribution in [0.2, 0.25) is 5.02 Å². The molecule has 0 heterocycles. The quantitative estimate of drug-likeness (QED) is 0.688. The zero-order chi connectivity index (χ0) is 15.1. The average molecular weight is 320 g/mol. The Hall–Kier alpha value is -0.960. The van der Waals surface area contributed by atoms with Gasteiger partial charge >= 0.3 is 0 Å². The largest absolute Gasteiger partial charge is 0.312 e. The Balaban J connectivity index is 1.82. The predicted octanol–water partition coefficient (Wildman–Crippen LogP) is 5.38. The summed E-state index contributed by atoms with van der Waals surface area (Å²) in [5, 5.41) is 4.27. The highest BCUT2D eigenvalue weighted by Crippen LogP contribution is 2.24. The molecule has 1 N–H and O–H groups in total. The van der Waals surface area contributed by atoms with Crippen molar-refractivity contribution >= 4 is 23.4 Å². The molecule has 1 nitrogen and oxygen atoms in total. The van der Waals surface area contributed by atoms with Gasteiger partial charge in [-0.3, -0.25) is 0 Å². The molecule has 0 aliphatic heterocycles. The molecule has 112 valence electrons.